The Morgan fingerprint density at radius 3 is 2.45 bits per heavy atom. The van der Waals surface area contributed by atoms with E-state index in [1.54, 1.807) is 6.07 Å². The van der Waals surface area contributed by atoms with E-state index in [1.165, 1.54) is 11.3 Å². The average Bonchev–Trinajstić information content (AvgIpc) is 2.85. The maximum absolute atomic E-state index is 8.13. The Kier molecular flexibility index (Phi) is 3.66. The minimum absolute atomic E-state index is 0.410. The number of nitrogens with zero attached hydrogens (tertiary/aromatic N) is 1. The smallest absolute Gasteiger partial charge is 0.187 e. The first-order chi connectivity index (χ1) is 9.68. The Balaban J connectivity index is 2.28. The second-order valence-corrected chi connectivity index (χ2v) is 5.84. The van der Waals surface area contributed by atoms with Crippen LogP contribution in [0.2, 0.25) is 10.0 Å². The van der Waals surface area contributed by atoms with Crippen molar-refractivity contribution in [1.82, 2.24) is 4.57 Å². The number of aromatic nitrogens is 1. The number of halogens is 2. The van der Waals surface area contributed by atoms with E-state index in [4.69, 9.17) is 28.6 Å². The van der Waals surface area contributed by atoms with E-state index >= 15 is 0 Å². The molecule has 0 aliphatic rings. The standard InChI is InChI=1S/C15H10Cl2N2S/c16-11-7-4-8-12(14(11)17)19-13(9-20-15(19)18)10-5-2-1-3-6-10/h1-9,18H. The lowest BCUT2D eigenvalue weighted by atomic mass is 10.1. The van der Waals surface area contributed by atoms with Crippen molar-refractivity contribution in [3.8, 4) is 16.9 Å². The summed E-state index contributed by atoms with van der Waals surface area (Å²) in [7, 11) is 0. The molecule has 0 saturated carbocycles. The number of rotatable bonds is 2. The highest BCUT2D eigenvalue weighted by Gasteiger charge is 2.13. The number of benzene rings is 2. The van der Waals surface area contributed by atoms with E-state index in [9.17, 15) is 0 Å². The lowest BCUT2D eigenvalue weighted by Gasteiger charge is -2.11. The molecule has 3 aromatic rings. The Hall–Kier alpha value is -1.55. The molecule has 100 valence electrons. The van der Waals surface area contributed by atoms with Gasteiger partial charge in [-0.05, 0) is 17.7 Å². The van der Waals surface area contributed by atoms with Crippen LogP contribution in [0.25, 0.3) is 16.9 Å². The van der Waals surface area contributed by atoms with E-state index in [0.29, 0.717) is 14.8 Å². The van der Waals surface area contributed by atoms with Gasteiger partial charge in [-0.1, -0.05) is 59.6 Å². The second-order valence-electron chi connectivity index (χ2n) is 4.20. The van der Waals surface area contributed by atoms with Crippen molar-refractivity contribution in [3.63, 3.8) is 0 Å². The van der Waals surface area contributed by atoms with Crippen LogP contribution in [0.15, 0.2) is 53.9 Å². The first kappa shape index (κ1) is 13.4. The highest BCUT2D eigenvalue weighted by molar-refractivity contribution is 7.07. The van der Waals surface area contributed by atoms with Crippen LogP contribution >= 0.6 is 34.5 Å². The molecular formula is C15H10Cl2N2S. The number of nitrogens with one attached hydrogen (secondary N) is 1. The molecule has 0 atom stereocenters. The molecule has 2 aromatic carbocycles. The van der Waals surface area contributed by atoms with E-state index in [2.05, 4.69) is 0 Å². The summed E-state index contributed by atoms with van der Waals surface area (Å²) in [6.07, 6.45) is 0. The summed E-state index contributed by atoms with van der Waals surface area (Å²) in [5.41, 5.74) is 2.70. The summed E-state index contributed by atoms with van der Waals surface area (Å²) in [5, 5.41) is 11.0. The van der Waals surface area contributed by atoms with Crippen LogP contribution in [0.3, 0.4) is 0 Å². The van der Waals surface area contributed by atoms with Gasteiger partial charge in [0.1, 0.15) is 0 Å². The molecule has 0 unspecified atom stereocenters. The number of hydrogen-bond acceptors (Lipinski definition) is 2. The molecule has 3 rings (SSSR count). The molecule has 2 nitrogen and oxygen atoms in total. The zero-order valence-corrected chi connectivity index (χ0v) is 12.6. The van der Waals surface area contributed by atoms with Gasteiger partial charge >= 0.3 is 0 Å². The van der Waals surface area contributed by atoms with Crippen LogP contribution < -0.4 is 4.80 Å². The Morgan fingerprint density at radius 2 is 1.70 bits per heavy atom. The summed E-state index contributed by atoms with van der Waals surface area (Å²) >= 11 is 13.7. The average molecular weight is 321 g/mol. The van der Waals surface area contributed by atoms with Gasteiger partial charge < -0.3 is 0 Å². The SMILES string of the molecule is N=c1scc(-c2ccccc2)n1-c1cccc(Cl)c1Cl. The van der Waals surface area contributed by atoms with Gasteiger partial charge in [0.25, 0.3) is 0 Å². The lowest BCUT2D eigenvalue weighted by molar-refractivity contribution is 0.987. The predicted octanol–water partition coefficient (Wildman–Crippen LogP) is 4.99. The molecule has 1 heterocycles. The highest BCUT2D eigenvalue weighted by Crippen LogP contribution is 2.31. The summed E-state index contributed by atoms with van der Waals surface area (Å²) < 4.78 is 1.81. The van der Waals surface area contributed by atoms with E-state index < -0.39 is 0 Å². The monoisotopic (exact) mass is 320 g/mol. The minimum Gasteiger partial charge on any atom is -0.284 e. The van der Waals surface area contributed by atoms with E-state index in [-0.39, 0.29) is 0 Å². The van der Waals surface area contributed by atoms with Crippen molar-refractivity contribution < 1.29 is 0 Å². The second kappa shape index (κ2) is 5.44. The van der Waals surface area contributed by atoms with Crippen LogP contribution in [0.1, 0.15) is 0 Å². The molecule has 20 heavy (non-hydrogen) atoms. The summed E-state index contributed by atoms with van der Waals surface area (Å²) in [4.78, 5) is 0.410. The van der Waals surface area contributed by atoms with Gasteiger partial charge in [-0.15, -0.1) is 11.3 Å². The van der Waals surface area contributed by atoms with Crippen LogP contribution in [-0.4, -0.2) is 4.57 Å². The topological polar surface area (TPSA) is 28.8 Å². The third-order valence-electron chi connectivity index (χ3n) is 2.97. The Morgan fingerprint density at radius 1 is 0.950 bits per heavy atom. The summed E-state index contributed by atoms with van der Waals surface area (Å²) in [6.45, 7) is 0. The first-order valence-electron chi connectivity index (χ1n) is 5.93. The largest absolute Gasteiger partial charge is 0.284 e. The highest BCUT2D eigenvalue weighted by atomic mass is 35.5. The molecule has 0 saturated heterocycles. The van der Waals surface area contributed by atoms with Gasteiger partial charge in [-0.25, -0.2) is 0 Å². The van der Waals surface area contributed by atoms with Crippen molar-refractivity contribution in [3.05, 3.63) is 68.8 Å². The van der Waals surface area contributed by atoms with Gasteiger partial charge in [-0.3, -0.25) is 9.98 Å². The molecular weight excluding hydrogens is 311 g/mol. The molecule has 0 aliphatic heterocycles. The van der Waals surface area contributed by atoms with Gasteiger partial charge in [0, 0.05) is 5.38 Å². The third kappa shape index (κ3) is 2.29. The fraction of sp³-hybridized carbons (Fsp3) is 0. The van der Waals surface area contributed by atoms with E-state index in [0.717, 1.165) is 16.9 Å². The predicted molar refractivity (Wildman–Crippen MR) is 85.0 cm³/mol. The molecule has 0 bridgehead atoms. The van der Waals surface area contributed by atoms with Crippen LogP contribution in [0.4, 0.5) is 0 Å². The zero-order chi connectivity index (χ0) is 14.1. The molecule has 0 amide bonds. The quantitative estimate of drug-likeness (QED) is 0.689. The molecule has 5 heteroatoms. The zero-order valence-electron chi connectivity index (χ0n) is 10.3. The van der Waals surface area contributed by atoms with E-state index in [1.807, 2.05) is 52.4 Å². The van der Waals surface area contributed by atoms with Crippen LogP contribution in [0.5, 0.6) is 0 Å². The molecule has 0 aliphatic carbocycles. The molecule has 0 fully saturated rings. The van der Waals surface area contributed by atoms with Gasteiger partial charge in [0.05, 0.1) is 21.4 Å². The van der Waals surface area contributed by atoms with Crippen LogP contribution in [-0.2, 0) is 0 Å². The summed E-state index contributed by atoms with van der Waals surface area (Å²) in [5.74, 6) is 0. The van der Waals surface area contributed by atoms with Crippen molar-refractivity contribution in [2.45, 2.75) is 0 Å². The first-order valence-corrected chi connectivity index (χ1v) is 7.57. The maximum Gasteiger partial charge on any atom is 0.187 e. The molecule has 0 radical (unpaired) electrons. The Bertz CT molecular complexity index is 806. The van der Waals surface area contributed by atoms with Gasteiger partial charge in [0.2, 0.25) is 0 Å². The number of thiazole rings is 1. The van der Waals surface area contributed by atoms with Crippen molar-refractivity contribution >= 4 is 34.5 Å². The Labute approximate surface area is 130 Å². The molecule has 1 N–H and O–H groups in total. The van der Waals surface area contributed by atoms with Crippen molar-refractivity contribution in [1.29, 1.82) is 5.41 Å². The fourth-order valence-electron chi connectivity index (χ4n) is 2.04. The summed E-state index contributed by atoms with van der Waals surface area (Å²) in [6, 6.07) is 15.4. The third-order valence-corrected chi connectivity index (χ3v) is 4.52. The number of hydrogen-bond donors (Lipinski definition) is 1. The lowest BCUT2D eigenvalue weighted by Crippen LogP contribution is -2.12. The normalized spacial score (nSPS) is 10.7. The minimum atomic E-state index is 0.410. The van der Waals surface area contributed by atoms with Crippen LogP contribution in [0, 0.1) is 5.41 Å². The van der Waals surface area contributed by atoms with Crippen molar-refractivity contribution in [2.75, 3.05) is 0 Å². The maximum atomic E-state index is 8.13. The van der Waals surface area contributed by atoms with Gasteiger partial charge in [-0.2, -0.15) is 0 Å². The fourth-order valence-corrected chi connectivity index (χ4v) is 3.18. The van der Waals surface area contributed by atoms with Gasteiger partial charge in [0.15, 0.2) is 4.80 Å². The van der Waals surface area contributed by atoms with Crippen molar-refractivity contribution in [2.24, 2.45) is 0 Å². The molecule has 1 aromatic heterocycles. The molecule has 0 spiro atoms.